The molecule has 5 rings (SSSR count). The highest BCUT2D eigenvalue weighted by molar-refractivity contribution is 5.58. The molecule has 5 nitrogen and oxygen atoms in total. The number of alkyl halides is 3. The van der Waals surface area contributed by atoms with Gasteiger partial charge in [0.15, 0.2) is 11.5 Å². The van der Waals surface area contributed by atoms with Crippen molar-refractivity contribution >= 4 is 5.82 Å². The molecular weight excluding hydrogens is 393 g/mol. The van der Waals surface area contributed by atoms with Crippen LogP contribution in [0.1, 0.15) is 23.2 Å². The third-order valence-corrected chi connectivity index (χ3v) is 5.76. The van der Waals surface area contributed by atoms with Crippen molar-refractivity contribution in [3.05, 3.63) is 71.7 Å². The zero-order valence-corrected chi connectivity index (χ0v) is 16.1. The van der Waals surface area contributed by atoms with Crippen molar-refractivity contribution in [2.24, 2.45) is 0 Å². The first-order chi connectivity index (χ1) is 14.4. The second kappa shape index (κ2) is 7.05. The molecule has 1 spiro atoms. The van der Waals surface area contributed by atoms with E-state index in [1.165, 1.54) is 18.0 Å². The number of hydrogen-bond donors (Lipinski definition) is 0. The summed E-state index contributed by atoms with van der Waals surface area (Å²) in [7, 11) is 0. The lowest BCUT2D eigenvalue weighted by atomic mass is 9.93. The Bertz CT molecular complexity index is 1070. The van der Waals surface area contributed by atoms with Gasteiger partial charge in [0.05, 0.1) is 13.2 Å². The van der Waals surface area contributed by atoms with Crippen LogP contribution >= 0.6 is 0 Å². The Hall–Kier alpha value is -3.00. The van der Waals surface area contributed by atoms with Gasteiger partial charge in [-0.1, -0.05) is 24.3 Å². The van der Waals surface area contributed by atoms with Crippen LogP contribution in [0.5, 0.6) is 0 Å². The Labute approximate surface area is 171 Å². The minimum atomic E-state index is -4.57. The van der Waals surface area contributed by atoms with E-state index in [9.17, 15) is 13.2 Å². The zero-order chi connectivity index (χ0) is 20.8. The molecule has 2 aliphatic rings. The third-order valence-electron chi connectivity index (χ3n) is 5.76. The highest BCUT2D eigenvalue weighted by atomic mass is 19.4. The summed E-state index contributed by atoms with van der Waals surface area (Å²) in [6.07, 6.45) is 0.153. The van der Waals surface area contributed by atoms with Gasteiger partial charge in [0.1, 0.15) is 11.4 Å². The average molecular weight is 412 g/mol. The number of halogens is 3. The molecule has 2 aromatic heterocycles. The van der Waals surface area contributed by atoms with Gasteiger partial charge in [-0.25, -0.2) is 9.97 Å². The second-order valence-electron chi connectivity index (χ2n) is 7.59. The Morgan fingerprint density at radius 2 is 1.83 bits per heavy atom. The lowest BCUT2D eigenvalue weighted by Crippen LogP contribution is -2.49. The predicted octanol–water partition coefficient (Wildman–Crippen LogP) is 4.24. The van der Waals surface area contributed by atoms with Crippen LogP contribution < -0.4 is 4.90 Å². The average Bonchev–Trinajstić information content (AvgIpc) is 3.11. The minimum Gasteiger partial charge on any atom is -0.367 e. The van der Waals surface area contributed by atoms with Crippen LogP contribution in [0.25, 0.3) is 11.4 Å². The summed E-state index contributed by atoms with van der Waals surface area (Å²) in [6, 6.07) is 12.3. The van der Waals surface area contributed by atoms with Crippen LogP contribution in [0.15, 0.2) is 54.9 Å². The first-order valence-electron chi connectivity index (χ1n) is 9.79. The number of hydrogen-bond acceptors (Lipinski definition) is 5. The van der Waals surface area contributed by atoms with Gasteiger partial charge < -0.3 is 9.64 Å². The molecule has 1 aromatic carbocycles. The molecule has 1 aliphatic carbocycles. The van der Waals surface area contributed by atoms with E-state index in [0.717, 1.165) is 24.5 Å². The molecule has 1 unspecified atom stereocenters. The summed E-state index contributed by atoms with van der Waals surface area (Å²) >= 11 is 0. The lowest BCUT2D eigenvalue weighted by Gasteiger charge is -2.41. The van der Waals surface area contributed by atoms with Gasteiger partial charge in [0.2, 0.25) is 0 Å². The number of nitrogens with zero attached hydrogens (tertiary/aromatic N) is 4. The van der Waals surface area contributed by atoms with Gasteiger partial charge in [-0.15, -0.1) is 0 Å². The number of aryl methyl sites for hydroxylation is 1. The molecule has 0 amide bonds. The maximum Gasteiger partial charge on any atom is 0.433 e. The number of aromatic nitrogens is 3. The Morgan fingerprint density at radius 1 is 1.03 bits per heavy atom. The number of morpholine rings is 1. The summed E-state index contributed by atoms with van der Waals surface area (Å²) in [6.45, 7) is 1.34. The largest absolute Gasteiger partial charge is 0.433 e. The van der Waals surface area contributed by atoms with Crippen molar-refractivity contribution in [1.29, 1.82) is 0 Å². The third kappa shape index (κ3) is 3.31. The molecule has 0 N–H and O–H groups in total. The van der Waals surface area contributed by atoms with Gasteiger partial charge in [0, 0.05) is 30.6 Å². The predicted molar refractivity (Wildman–Crippen MR) is 105 cm³/mol. The Morgan fingerprint density at radius 3 is 2.63 bits per heavy atom. The van der Waals surface area contributed by atoms with Gasteiger partial charge in [0.25, 0.3) is 0 Å². The van der Waals surface area contributed by atoms with Gasteiger partial charge >= 0.3 is 6.18 Å². The van der Waals surface area contributed by atoms with E-state index in [1.807, 2.05) is 17.0 Å². The van der Waals surface area contributed by atoms with Crippen LogP contribution in [0.2, 0.25) is 0 Å². The summed E-state index contributed by atoms with van der Waals surface area (Å²) in [5.74, 6) is 0.297. The van der Waals surface area contributed by atoms with Gasteiger partial charge in [-0.3, -0.25) is 4.98 Å². The van der Waals surface area contributed by atoms with E-state index in [2.05, 4.69) is 27.1 Å². The fourth-order valence-electron chi connectivity index (χ4n) is 4.32. The van der Waals surface area contributed by atoms with Crippen LogP contribution in [0.3, 0.4) is 0 Å². The normalized spacial score (nSPS) is 21.1. The number of benzene rings is 1. The second-order valence-corrected chi connectivity index (χ2v) is 7.59. The fraction of sp³-hybridized carbons (Fsp3) is 0.318. The summed E-state index contributed by atoms with van der Waals surface area (Å²) in [5, 5.41) is 0. The fourth-order valence-corrected chi connectivity index (χ4v) is 4.32. The van der Waals surface area contributed by atoms with Crippen molar-refractivity contribution < 1.29 is 17.9 Å². The van der Waals surface area contributed by atoms with Crippen molar-refractivity contribution in [2.45, 2.75) is 24.6 Å². The maximum atomic E-state index is 13.6. The van der Waals surface area contributed by atoms with Crippen molar-refractivity contribution in [2.75, 3.05) is 24.6 Å². The molecule has 0 saturated carbocycles. The molecule has 3 heterocycles. The number of anilines is 1. The highest BCUT2D eigenvalue weighted by Crippen LogP contribution is 2.43. The number of ether oxygens (including phenoxy) is 1. The monoisotopic (exact) mass is 412 g/mol. The van der Waals surface area contributed by atoms with E-state index in [0.29, 0.717) is 25.3 Å². The lowest BCUT2D eigenvalue weighted by molar-refractivity contribution is -0.141. The molecule has 154 valence electrons. The van der Waals surface area contributed by atoms with Crippen molar-refractivity contribution in [1.82, 2.24) is 15.0 Å². The molecule has 30 heavy (non-hydrogen) atoms. The minimum absolute atomic E-state index is 0.0367. The topological polar surface area (TPSA) is 51.1 Å². The Kier molecular flexibility index (Phi) is 4.47. The molecular formula is C22H19F3N4O. The standard InChI is InChI=1S/C22H19F3N4O/c23-22(24,25)18-13-19(28-20(27-18)16-6-9-26-10-7-16)29-11-12-30-21(14-29)8-5-15-3-1-2-4-17(15)21/h1-4,6-7,9-10,13H,5,8,11-12,14H2. The van der Waals surface area contributed by atoms with E-state index in [4.69, 9.17) is 4.74 Å². The van der Waals surface area contributed by atoms with E-state index in [-0.39, 0.29) is 11.6 Å². The zero-order valence-electron chi connectivity index (χ0n) is 16.1. The molecule has 8 heteroatoms. The summed E-state index contributed by atoms with van der Waals surface area (Å²) in [4.78, 5) is 14.1. The first kappa shape index (κ1) is 19.0. The smallest absolute Gasteiger partial charge is 0.367 e. The molecule has 1 fully saturated rings. The van der Waals surface area contributed by atoms with E-state index < -0.39 is 17.5 Å². The Balaban J connectivity index is 1.55. The molecule has 1 aliphatic heterocycles. The maximum absolute atomic E-state index is 13.6. The number of pyridine rings is 1. The van der Waals surface area contributed by atoms with E-state index >= 15 is 0 Å². The molecule has 0 bridgehead atoms. The summed E-state index contributed by atoms with van der Waals surface area (Å²) in [5.41, 5.74) is 1.37. The number of fused-ring (bicyclic) bond motifs is 2. The van der Waals surface area contributed by atoms with Crippen LogP contribution in [-0.2, 0) is 22.9 Å². The summed E-state index contributed by atoms with van der Waals surface area (Å²) < 4.78 is 46.9. The van der Waals surface area contributed by atoms with Gasteiger partial charge in [-0.2, -0.15) is 13.2 Å². The van der Waals surface area contributed by atoms with Crippen molar-refractivity contribution in [3.63, 3.8) is 0 Å². The molecule has 3 aromatic rings. The van der Waals surface area contributed by atoms with Gasteiger partial charge in [-0.05, 0) is 36.1 Å². The van der Waals surface area contributed by atoms with Crippen LogP contribution in [0.4, 0.5) is 19.0 Å². The van der Waals surface area contributed by atoms with Crippen molar-refractivity contribution in [3.8, 4) is 11.4 Å². The molecule has 1 saturated heterocycles. The highest BCUT2D eigenvalue weighted by Gasteiger charge is 2.44. The van der Waals surface area contributed by atoms with Crippen LogP contribution in [0, 0.1) is 0 Å². The van der Waals surface area contributed by atoms with E-state index in [1.54, 1.807) is 12.1 Å². The SMILES string of the molecule is FC(F)(F)c1cc(N2CCOC3(CCc4ccccc43)C2)nc(-c2ccncc2)n1. The number of rotatable bonds is 2. The first-order valence-corrected chi connectivity index (χ1v) is 9.79. The van der Waals surface area contributed by atoms with Crippen LogP contribution in [-0.4, -0.2) is 34.6 Å². The quantitative estimate of drug-likeness (QED) is 0.630. The molecule has 0 radical (unpaired) electrons. The molecule has 1 atom stereocenters.